The van der Waals surface area contributed by atoms with Crippen molar-refractivity contribution >= 4 is 22.4 Å². The van der Waals surface area contributed by atoms with Crippen molar-refractivity contribution in [2.75, 3.05) is 18.6 Å². The highest BCUT2D eigenvalue weighted by atomic mass is 32.1. The maximum atomic E-state index is 13.0. The van der Waals surface area contributed by atoms with E-state index in [0.717, 1.165) is 33.9 Å². The number of aryl methyl sites for hydroxylation is 1. The third-order valence-corrected chi connectivity index (χ3v) is 5.28. The molecule has 5 nitrogen and oxygen atoms in total. The summed E-state index contributed by atoms with van der Waals surface area (Å²) in [6, 6.07) is 15.7. The van der Waals surface area contributed by atoms with Crippen LogP contribution < -0.4 is 9.64 Å². The predicted octanol–water partition coefficient (Wildman–Crippen LogP) is 4.51. The number of benzene rings is 2. The second-order valence-electron chi connectivity index (χ2n) is 6.24. The molecule has 1 heterocycles. The minimum atomic E-state index is -0.00571. The first kappa shape index (κ1) is 19.0. The van der Waals surface area contributed by atoms with Crippen molar-refractivity contribution in [1.29, 1.82) is 0 Å². The summed E-state index contributed by atoms with van der Waals surface area (Å²) >= 11 is 1.45. The summed E-state index contributed by atoms with van der Waals surface area (Å²) in [5.74, 6) is 0.717. The number of ether oxygens (including phenoxy) is 1. The van der Waals surface area contributed by atoms with E-state index in [1.807, 2.05) is 62.4 Å². The summed E-state index contributed by atoms with van der Waals surface area (Å²) in [7, 11) is 1.62. The molecule has 0 aliphatic rings. The molecule has 0 N–H and O–H groups in total. The van der Waals surface area contributed by atoms with Crippen molar-refractivity contribution in [1.82, 2.24) is 10.2 Å². The Bertz CT molecular complexity index is 923. The lowest BCUT2D eigenvalue weighted by Gasteiger charge is -2.19. The van der Waals surface area contributed by atoms with E-state index < -0.39 is 0 Å². The van der Waals surface area contributed by atoms with Gasteiger partial charge in [-0.15, -0.1) is 10.2 Å². The average Bonchev–Trinajstić information content (AvgIpc) is 3.16. The van der Waals surface area contributed by atoms with Crippen LogP contribution in [0.5, 0.6) is 5.75 Å². The van der Waals surface area contributed by atoms with E-state index in [4.69, 9.17) is 4.74 Å². The molecule has 0 saturated carbocycles. The van der Waals surface area contributed by atoms with Crippen LogP contribution in [0, 0.1) is 6.92 Å². The van der Waals surface area contributed by atoms with E-state index in [1.54, 1.807) is 12.0 Å². The Hall–Kier alpha value is -2.73. The van der Waals surface area contributed by atoms with Crippen molar-refractivity contribution in [3.05, 3.63) is 59.7 Å². The molecule has 0 aliphatic carbocycles. The Morgan fingerprint density at radius 1 is 1.11 bits per heavy atom. The van der Waals surface area contributed by atoms with Crippen LogP contribution >= 0.6 is 11.3 Å². The molecule has 0 unspecified atom stereocenters. The van der Waals surface area contributed by atoms with Gasteiger partial charge in [0.1, 0.15) is 10.8 Å². The molecule has 3 rings (SSSR count). The van der Waals surface area contributed by atoms with E-state index in [2.05, 4.69) is 10.2 Å². The van der Waals surface area contributed by atoms with Gasteiger partial charge in [0.2, 0.25) is 11.0 Å². The number of carbonyl (C=O) groups is 1. The number of nitrogens with zero attached hydrogens (tertiary/aromatic N) is 3. The number of anilines is 1. The number of para-hydroxylation sites is 1. The molecular formula is C21H23N3O2S. The highest BCUT2D eigenvalue weighted by molar-refractivity contribution is 7.18. The molecule has 0 fully saturated rings. The van der Waals surface area contributed by atoms with Gasteiger partial charge in [-0.1, -0.05) is 60.7 Å². The van der Waals surface area contributed by atoms with Gasteiger partial charge in [0, 0.05) is 17.7 Å². The summed E-state index contributed by atoms with van der Waals surface area (Å²) in [4.78, 5) is 14.7. The number of hydrogen-bond acceptors (Lipinski definition) is 5. The van der Waals surface area contributed by atoms with Crippen LogP contribution in [0.1, 0.15) is 24.5 Å². The highest BCUT2D eigenvalue weighted by Gasteiger charge is 2.21. The van der Waals surface area contributed by atoms with Crippen molar-refractivity contribution in [2.45, 2.75) is 26.7 Å². The van der Waals surface area contributed by atoms with Gasteiger partial charge >= 0.3 is 0 Å². The molecule has 140 valence electrons. The standard InChI is InChI=1S/C21H23N3O2S/c1-4-13-24(19(25)14-16-10-6-8-12-18(16)26-3)21-23-22-20(27-21)17-11-7-5-9-15(17)2/h5-12H,4,13-14H2,1-3H3. The van der Waals surface area contributed by atoms with Gasteiger partial charge in [0.25, 0.3) is 0 Å². The summed E-state index contributed by atoms with van der Waals surface area (Å²) in [6.07, 6.45) is 1.11. The fourth-order valence-electron chi connectivity index (χ4n) is 2.90. The smallest absolute Gasteiger partial charge is 0.233 e. The fraction of sp³-hybridized carbons (Fsp3) is 0.286. The summed E-state index contributed by atoms with van der Waals surface area (Å²) in [5.41, 5.74) is 3.06. The number of methoxy groups -OCH3 is 1. The Labute approximate surface area is 163 Å². The molecular weight excluding hydrogens is 358 g/mol. The zero-order chi connectivity index (χ0) is 19.2. The van der Waals surface area contributed by atoms with Crippen LogP contribution in [-0.4, -0.2) is 29.8 Å². The second-order valence-corrected chi connectivity index (χ2v) is 7.19. The van der Waals surface area contributed by atoms with Crippen molar-refractivity contribution in [3.8, 4) is 16.3 Å². The SMILES string of the molecule is CCCN(C(=O)Cc1ccccc1OC)c1nnc(-c2ccccc2C)s1. The van der Waals surface area contributed by atoms with Gasteiger partial charge in [-0.2, -0.15) is 0 Å². The first-order chi connectivity index (χ1) is 13.1. The molecule has 0 aliphatic heterocycles. The summed E-state index contributed by atoms with van der Waals surface area (Å²) in [5, 5.41) is 10.1. The molecule has 0 bridgehead atoms. The van der Waals surface area contributed by atoms with Crippen LogP contribution in [0.15, 0.2) is 48.5 Å². The van der Waals surface area contributed by atoms with Gasteiger partial charge < -0.3 is 4.74 Å². The third-order valence-electron chi connectivity index (χ3n) is 4.30. The van der Waals surface area contributed by atoms with Gasteiger partial charge in [0.05, 0.1) is 13.5 Å². The number of amides is 1. The lowest BCUT2D eigenvalue weighted by Crippen LogP contribution is -2.33. The molecule has 27 heavy (non-hydrogen) atoms. The predicted molar refractivity (Wildman–Crippen MR) is 109 cm³/mol. The van der Waals surface area contributed by atoms with Crippen molar-refractivity contribution < 1.29 is 9.53 Å². The van der Waals surface area contributed by atoms with Crippen LogP contribution in [0.3, 0.4) is 0 Å². The average molecular weight is 382 g/mol. The number of hydrogen-bond donors (Lipinski definition) is 0. The van der Waals surface area contributed by atoms with Gasteiger partial charge in [-0.3, -0.25) is 9.69 Å². The van der Waals surface area contributed by atoms with E-state index in [1.165, 1.54) is 11.3 Å². The quantitative estimate of drug-likeness (QED) is 0.604. The van der Waals surface area contributed by atoms with Crippen LogP contribution in [0.4, 0.5) is 5.13 Å². The molecule has 1 aromatic heterocycles. The molecule has 2 aromatic carbocycles. The van der Waals surface area contributed by atoms with Gasteiger partial charge in [-0.05, 0) is 25.0 Å². The van der Waals surface area contributed by atoms with E-state index in [-0.39, 0.29) is 12.3 Å². The van der Waals surface area contributed by atoms with Gasteiger partial charge in [0.15, 0.2) is 0 Å². The zero-order valence-corrected chi connectivity index (χ0v) is 16.6. The fourth-order valence-corrected chi connectivity index (χ4v) is 3.88. The molecule has 3 aromatic rings. The highest BCUT2D eigenvalue weighted by Crippen LogP contribution is 2.31. The number of rotatable bonds is 7. The normalized spacial score (nSPS) is 10.6. The van der Waals surface area contributed by atoms with E-state index in [0.29, 0.717) is 11.7 Å². The van der Waals surface area contributed by atoms with Crippen LogP contribution in [0.25, 0.3) is 10.6 Å². The molecule has 0 saturated heterocycles. The van der Waals surface area contributed by atoms with E-state index >= 15 is 0 Å². The Morgan fingerprint density at radius 3 is 2.59 bits per heavy atom. The van der Waals surface area contributed by atoms with Crippen molar-refractivity contribution in [2.24, 2.45) is 0 Å². The minimum Gasteiger partial charge on any atom is -0.496 e. The minimum absolute atomic E-state index is 0.00571. The Morgan fingerprint density at radius 2 is 1.85 bits per heavy atom. The first-order valence-electron chi connectivity index (χ1n) is 8.95. The molecule has 6 heteroatoms. The van der Waals surface area contributed by atoms with Gasteiger partial charge in [-0.25, -0.2) is 0 Å². The second kappa shape index (κ2) is 8.77. The monoisotopic (exact) mass is 381 g/mol. The first-order valence-corrected chi connectivity index (χ1v) is 9.77. The topological polar surface area (TPSA) is 55.3 Å². The lowest BCUT2D eigenvalue weighted by molar-refractivity contribution is -0.118. The molecule has 1 amide bonds. The zero-order valence-electron chi connectivity index (χ0n) is 15.8. The third kappa shape index (κ3) is 4.34. The molecule has 0 atom stereocenters. The van der Waals surface area contributed by atoms with E-state index in [9.17, 15) is 4.79 Å². The maximum absolute atomic E-state index is 13.0. The summed E-state index contributed by atoms with van der Waals surface area (Å²) in [6.45, 7) is 4.70. The number of carbonyl (C=O) groups excluding carboxylic acids is 1. The Kier molecular flexibility index (Phi) is 6.19. The molecule has 0 spiro atoms. The summed E-state index contributed by atoms with van der Waals surface area (Å²) < 4.78 is 5.37. The Balaban J connectivity index is 1.85. The van der Waals surface area contributed by atoms with Crippen LogP contribution in [-0.2, 0) is 11.2 Å². The maximum Gasteiger partial charge on any atom is 0.233 e. The molecule has 0 radical (unpaired) electrons. The number of aromatic nitrogens is 2. The van der Waals surface area contributed by atoms with Crippen LogP contribution in [0.2, 0.25) is 0 Å². The largest absolute Gasteiger partial charge is 0.496 e. The lowest BCUT2D eigenvalue weighted by atomic mass is 10.1. The van der Waals surface area contributed by atoms with Crippen molar-refractivity contribution in [3.63, 3.8) is 0 Å².